The summed E-state index contributed by atoms with van der Waals surface area (Å²) in [6.45, 7) is 12.0. The van der Waals surface area contributed by atoms with Gasteiger partial charge in [-0.1, -0.05) is 91.3 Å². The Labute approximate surface area is 133 Å². The quantitative estimate of drug-likeness (QED) is 0.576. The van der Waals surface area contributed by atoms with Crippen LogP contribution in [-0.4, -0.2) is 6.54 Å². The highest BCUT2D eigenvalue weighted by molar-refractivity contribution is 5.54. The highest BCUT2D eigenvalue weighted by atomic mass is 14.9. The van der Waals surface area contributed by atoms with Crippen LogP contribution in [-0.2, 0) is 6.42 Å². The lowest BCUT2D eigenvalue weighted by Crippen LogP contribution is -1.92. The van der Waals surface area contributed by atoms with Gasteiger partial charge in [0.05, 0.1) is 0 Å². The maximum absolute atomic E-state index is 3.30. The van der Waals surface area contributed by atoms with Gasteiger partial charge in [-0.2, -0.15) is 0 Å². The Kier molecular flexibility index (Phi) is 13.3. The molecule has 21 heavy (non-hydrogen) atoms. The van der Waals surface area contributed by atoms with E-state index in [1.165, 1.54) is 56.2 Å². The van der Waals surface area contributed by atoms with E-state index in [1.54, 1.807) is 0 Å². The predicted octanol–water partition coefficient (Wildman–Crippen LogP) is 6.68. The molecule has 0 aliphatic carbocycles. The molecule has 1 nitrogen and oxygen atoms in total. The van der Waals surface area contributed by atoms with Crippen LogP contribution in [0.3, 0.4) is 0 Å². The third kappa shape index (κ3) is 9.55. The minimum atomic E-state index is 0.969. The number of fused-ring (bicyclic) bond motifs is 1. The third-order valence-electron chi connectivity index (χ3n) is 3.81. The first kappa shape index (κ1) is 20.0. The van der Waals surface area contributed by atoms with Crippen molar-refractivity contribution in [3.05, 3.63) is 29.8 Å². The molecule has 0 saturated heterocycles. The molecular weight excluding hydrogens is 254 g/mol. The fourth-order valence-electron chi connectivity index (χ4n) is 2.62. The minimum absolute atomic E-state index is 0.969. The summed E-state index contributed by atoms with van der Waals surface area (Å²) >= 11 is 0. The Bertz CT molecular complexity index is 309. The monoisotopic (exact) mass is 291 g/mol. The predicted molar refractivity (Wildman–Crippen MR) is 98.2 cm³/mol. The van der Waals surface area contributed by atoms with Crippen LogP contribution in [0.4, 0.5) is 5.69 Å². The molecule has 1 heterocycles. The van der Waals surface area contributed by atoms with Crippen molar-refractivity contribution < 1.29 is 0 Å². The summed E-state index contributed by atoms with van der Waals surface area (Å²) in [5, 5.41) is 3.30. The van der Waals surface area contributed by atoms with Gasteiger partial charge in [0.2, 0.25) is 0 Å². The zero-order chi connectivity index (χ0) is 15.9. The lowest BCUT2D eigenvalue weighted by molar-refractivity contribution is 0.459. The molecule has 0 amide bonds. The Morgan fingerprint density at radius 1 is 1.00 bits per heavy atom. The van der Waals surface area contributed by atoms with Gasteiger partial charge in [-0.15, -0.1) is 0 Å². The van der Waals surface area contributed by atoms with Gasteiger partial charge in [-0.3, -0.25) is 0 Å². The van der Waals surface area contributed by atoms with Crippen LogP contribution in [0.1, 0.15) is 78.7 Å². The van der Waals surface area contributed by atoms with Crippen molar-refractivity contribution in [2.75, 3.05) is 11.9 Å². The van der Waals surface area contributed by atoms with Crippen LogP contribution < -0.4 is 5.32 Å². The second-order valence-electron chi connectivity index (χ2n) is 5.72. The Morgan fingerprint density at radius 3 is 2.33 bits per heavy atom. The second-order valence-corrected chi connectivity index (χ2v) is 5.72. The molecule has 2 rings (SSSR count). The summed E-state index contributed by atoms with van der Waals surface area (Å²) in [7, 11) is 0. The van der Waals surface area contributed by atoms with Crippen molar-refractivity contribution in [2.24, 2.45) is 5.92 Å². The van der Waals surface area contributed by atoms with E-state index < -0.39 is 0 Å². The average Bonchev–Trinajstić information content (AvgIpc) is 2.99. The molecule has 1 atom stereocenters. The van der Waals surface area contributed by atoms with E-state index in [1.807, 2.05) is 13.8 Å². The molecule has 1 N–H and O–H groups in total. The van der Waals surface area contributed by atoms with Gasteiger partial charge in [-0.25, -0.2) is 0 Å². The van der Waals surface area contributed by atoms with Gasteiger partial charge in [0, 0.05) is 12.2 Å². The van der Waals surface area contributed by atoms with Crippen molar-refractivity contribution in [2.45, 2.75) is 79.6 Å². The minimum Gasteiger partial charge on any atom is -0.384 e. The normalized spacial score (nSPS) is 13.0. The summed E-state index contributed by atoms with van der Waals surface area (Å²) in [5.41, 5.74) is 2.77. The Balaban J connectivity index is 0.000000341. The van der Waals surface area contributed by atoms with E-state index in [0.29, 0.717) is 0 Å². The molecule has 1 unspecified atom stereocenters. The van der Waals surface area contributed by atoms with E-state index in [-0.39, 0.29) is 0 Å². The highest BCUT2D eigenvalue weighted by Gasteiger charge is 2.05. The first-order valence-corrected chi connectivity index (χ1v) is 9.09. The standard InChI is InChI=1S/C10H22.C8H9N.C2H6/c1-4-6-7-9-10(3)8-5-2;1-2-4-8-7(3-1)5-6-9-8;1-2/h10H,4-9H2,1-3H3;1-4,9H,5-6H2;1-2H3. The molecule has 1 aromatic rings. The fourth-order valence-corrected chi connectivity index (χ4v) is 2.62. The van der Waals surface area contributed by atoms with Crippen molar-refractivity contribution in [3.8, 4) is 0 Å². The van der Waals surface area contributed by atoms with Crippen LogP contribution in [0.15, 0.2) is 24.3 Å². The van der Waals surface area contributed by atoms with E-state index in [0.717, 1.165) is 12.5 Å². The van der Waals surface area contributed by atoms with Gasteiger partial charge in [-0.05, 0) is 24.0 Å². The van der Waals surface area contributed by atoms with Gasteiger partial charge in [0.15, 0.2) is 0 Å². The maximum atomic E-state index is 3.30. The van der Waals surface area contributed by atoms with Crippen LogP contribution in [0.2, 0.25) is 0 Å². The smallest absolute Gasteiger partial charge is 0.0373 e. The fraction of sp³-hybridized carbons (Fsp3) is 0.700. The maximum Gasteiger partial charge on any atom is 0.0373 e. The molecule has 1 aliphatic heterocycles. The third-order valence-corrected chi connectivity index (χ3v) is 3.81. The molecule has 122 valence electrons. The molecule has 0 saturated carbocycles. The van der Waals surface area contributed by atoms with Crippen molar-refractivity contribution >= 4 is 5.69 Å². The van der Waals surface area contributed by atoms with E-state index in [9.17, 15) is 0 Å². The van der Waals surface area contributed by atoms with Crippen molar-refractivity contribution in [3.63, 3.8) is 0 Å². The Morgan fingerprint density at radius 2 is 1.71 bits per heavy atom. The van der Waals surface area contributed by atoms with Crippen LogP contribution in [0.25, 0.3) is 0 Å². The lowest BCUT2D eigenvalue weighted by Gasteiger charge is -2.07. The molecule has 0 radical (unpaired) electrons. The number of hydrogen-bond acceptors (Lipinski definition) is 1. The van der Waals surface area contributed by atoms with Gasteiger partial charge < -0.3 is 5.32 Å². The molecular formula is C20H37N. The molecule has 1 heteroatoms. The van der Waals surface area contributed by atoms with Gasteiger partial charge in [0.1, 0.15) is 0 Å². The number of unbranched alkanes of at least 4 members (excludes halogenated alkanes) is 2. The summed E-state index contributed by atoms with van der Waals surface area (Å²) in [6, 6.07) is 8.46. The van der Waals surface area contributed by atoms with Gasteiger partial charge >= 0.3 is 0 Å². The molecule has 0 spiro atoms. The molecule has 0 bridgehead atoms. The topological polar surface area (TPSA) is 12.0 Å². The Hall–Kier alpha value is -0.980. The highest BCUT2D eigenvalue weighted by Crippen LogP contribution is 2.20. The molecule has 0 fully saturated rings. The van der Waals surface area contributed by atoms with Crippen LogP contribution in [0, 0.1) is 5.92 Å². The largest absolute Gasteiger partial charge is 0.384 e. The van der Waals surface area contributed by atoms with E-state index >= 15 is 0 Å². The average molecular weight is 292 g/mol. The molecule has 1 aliphatic rings. The van der Waals surface area contributed by atoms with Crippen LogP contribution in [0.5, 0.6) is 0 Å². The van der Waals surface area contributed by atoms with Crippen molar-refractivity contribution in [1.82, 2.24) is 0 Å². The summed E-state index contributed by atoms with van der Waals surface area (Å²) in [6.07, 6.45) is 9.64. The first-order chi connectivity index (χ1) is 10.3. The number of benzene rings is 1. The number of nitrogens with one attached hydrogen (secondary N) is 1. The number of rotatable bonds is 6. The SMILES string of the molecule is CC.CCCCCC(C)CCC.c1ccc2c(c1)CCN2. The summed E-state index contributed by atoms with van der Waals surface area (Å²) < 4.78 is 0. The number of hydrogen-bond donors (Lipinski definition) is 1. The lowest BCUT2D eigenvalue weighted by atomic mass is 9.99. The zero-order valence-corrected chi connectivity index (χ0v) is 15.0. The first-order valence-electron chi connectivity index (χ1n) is 9.09. The summed E-state index contributed by atoms with van der Waals surface area (Å²) in [4.78, 5) is 0. The molecule has 0 aromatic heterocycles. The summed E-state index contributed by atoms with van der Waals surface area (Å²) in [5.74, 6) is 0.969. The van der Waals surface area contributed by atoms with Gasteiger partial charge in [0.25, 0.3) is 0 Å². The van der Waals surface area contributed by atoms with Crippen molar-refractivity contribution in [1.29, 1.82) is 0 Å². The van der Waals surface area contributed by atoms with E-state index in [4.69, 9.17) is 0 Å². The number of para-hydroxylation sites is 1. The molecule has 1 aromatic carbocycles. The van der Waals surface area contributed by atoms with Crippen LogP contribution >= 0.6 is 0 Å². The second kappa shape index (κ2) is 14.0. The number of anilines is 1. The van der Waals surface area contributed by atoms with E-state index in [2.05, 4.69) is 50.4 Å². The zero-order valence-electron chi connectivity index (χ0n) is 15.0.